The van der Waals surface area contributed by atoms with E-state index in [0.29, 0.717) is 5.56 Å². The summed E-state index contributed by atoms with van der Waals surface area (Å²) in [7, 11) is 0. The van der Waals surface area contributed by atoms with E-state index in [1.165, 1.54) is 24.3 Å². The zero-order chi connectivity index (χ0) is 14.1. The van der Waals surface area contributed by atoms with Crippen LogP contribution >= 0.6 is 0 Å². The van der Waals surface area contributed by atoms with Crippen LogP contribution in [0.15, 0.2) is 24.3 Å². The van der Waals surface area contributed by atoms with Gasteiger partial charge in [0.25, 0.3) is 0 Å². The Hall–Kier alpha value is -2.54. The number of carboxylic acids is 2. The van der Waals surface area contributed by atoms with Crippen LogP contribution in [0.25, 0.3) is 6.08 Å². The fourth-order valence-electron chi connectivity index (χ4n) is 0.812. The molecule has 0 unspecified atom stereocenters. The van der Waals surface area contributed by atoms with Crippen molar-refractivity contribution in [2.24, 2.45) is 5.73 Å². The zero-order valence-corrected chi connectivity index (χ0v) is 9.28. The lowest BCUT2D eigenvalue weighted by Crippen LogP contribution is -2.10. The third-order valence-electron chi connectivity index (χ3n) is 1.59. The van der Waals surface area contributed by atoms with E-state index < -0.39 is 11.9 Å². The van der Waals surface area contributed by atoms with Crippen LogP contribution in [-0.2, 0) is 9.59 Å². The van der Waals surface area contributed by atoms with Gasteiger partial charge in [0.05, 0.1) is 6.54 Å². The first-order valence-corrected chi connectivity index (χ1v) is 4.71. The highest BCUT2D eigenvalue weighted by Crippen LogP contribution is 2.25. The summed E-state index contributed by atoms with van der Waals surface area (Å²) >= 11 is 0. The monoisotopic (exact) mass is 255 g/mol. The predicted octanol–water partition coefficient (Wildman–Crippen LogP) is 0.225. The van der Waals surface area contributed by atoms with E-state index in [1.807, 2.05) is 0 Å². The molecule has 0 aliphatic carbocycles. The number of aliphatic carboxylic acids is 2. The maximum atomic E-state index is 10.1. The van der Waals surface area contributed by atoms with Gasteiger partial charge >= 0.3 is 11.9 Å². The van der Waals surface area contributed by atoms with Gasteiger partial charge in [0.15, 0.2) is 11.5 Å². The van der Waals surface area contributed by atoms with Crippen LogP contribution in [0.4, 0.5) is 0 Å². The quantitative estimate of drug-likeness (QED) is 0.384. The van der Waals surface area contributed by atoms with Gasteiger partial charge in [-0.1, -0.05) is 6.07 Å². The summed E-state index contributed by atoms with van der Waals surface area (Å²) < 4.78 is 0. The molecule has 0 fully saturated rings. The van der Waals surface area contributed by atoms with Crippen molar-refractivity contribution >= 4 is 18.0 Å². The van der Waals surface area contributed by atoms with Crippen molar-refractivity contribution in [3.8, 4) is 11.5 Å². The normalized spacial score (nSPS) is 9.61. The van der Waals surface area contributed by atoms with Gasteiger partial charge in [-0.15, -0.1) is 0 Å². The minimum atomic E-state index is -1.06. The summed E-state index contributed by atoms with van der Waals surface area (Å²) in [5.41, 5.74) is 5.08. The molecule has 0 bridgehead atoms. The number of phenolic OH excluding ortho intramolecular Hbond substituents is 2. The maximum absolute atomic E-state index is 10.1. The second kappa shape index (κ2) is 7.69. The topological polar surface area (TPSA) is 141 Å². The van der Waals surface area contributed by atoms with Crippen molar-refractivity contribution in [1.29, 1.82) is 0 Å². The minimum absolute atomic E-state index is 0.229. The predicted molar refractivity (Wildman–Crippen MR) is 63.1 cm³/mol. The molecule has 6 N–H and O–H groups in total. The number of carboxylic acid groups (broad SMARTS) is 2. The average Bonchev–Trinajstić information content (AvgIpc) is 2.31. The van der Waals surface area contributed by atoms with Gasteiger partial charge < -0.3 is 26.2 Å². The Morgan fingerprint density at radius 1 is 1.17 bits per heavy atom. The molecule has 0 aliphatic rings. The Morgan fingerprint density at radius 3 is 2.11 bits per heavy atom. The van der Waals surface area contributed by atoms with Gasteiger partial charge in [-0.25, -0.2) is 4.79 Å². The summed E-state index contributed by atoms with van der Waals surface area (Å²) in [6.07, 6.45) is 2.27. The zero-order valence-electron chi connectivity index (χ0n) is 9.28. The Bertz CT molecular complexity index is 455. The van der Waals surface area contributed by atoms with Crippen LogP contribution in [0.1, 0.15) is 5.56 Å². The lowest BCUT2D eigenvalue weighted by Gasteiger charge is -1.97. The Kier molecular flexibility index (Phi) is 6.60. The van der Waals surface area contributed by atoms with E-state index in [1.54, 1.807) is 0 Å². The number of hydrogen-bond acceptors (Lipinski definition) is 5. The van der Waals surface area contributed by atoms with Gasteiger partial charge in [-0.2, -0.15) is 0 Å². The van der Waals surface area contributed by atoms with Crippen LogP contribution in [0.5, 0.6) is 11.5 Å². The standard InChI is InChI=1S/C9H8O4.C2H5NO2/c10-7-3-1-6(5-8(7)11)2-4-9(12)13;3-1-2(4)5/h1-5,10-11H,(H,12,13);1,3H2,(H,4,5)/b4-2+;. The number of phenols is 2. The number of nitrogens with two attached hydrogens (primary N) is 1. The van der Waals surface area contributed by atoms with Crippen LogP contribution in [-0.4, -0.2) is 38.9 Å². The molecule has 0 radical (unpaired) electrons. The van der Waals surface area contributed by atoms with Crippen molar-refractivity contribution in [2.75, 3.05) is 6.54 Å². The number of aromatic hydroxyl groups is 2. The summed E-state index contributed by atoms with van der Waals surface area (Å²) in [5, 5.41) is 33.9. The third-order valence-corrected chi connectivity index (χ3v) is 1.59. The molecule has 0 amide bonds. The van der Waals surface area contributed by atoms with E-state index in [9.17, 15) is 9.59 Å². The van der Waals surface area contributed by atoms with E-state index in [4.69, 9.17) is 20.4 Å². The lowest BCUT2D eigenvalue weighted by molar-refractivity contribution is -0.135. The molecule has 0 aromatic heterocycles. The maximum Gasteiger partial charge on any atom is 0.328 e. The van der Waals surface area contributed by atoms with Crippen molar-refractivity contribution in [1.82, 2.24) is 0 Å². The Morgan fingerprint density at radius 2 is 1.72 bits per heavy atom. The Labute approximate surface area is 102 Å². The summed E-state index contributed by atoms with van der Waals surface area (Å²) in [4.78, 5) is 19.4. The SMILES string of the molecule is NCC(=O)O.O=C(O)/C=C/c1ccc(O)c(O)c1. The first-order chi connectivity index (χ1) is 8.36. The lowest BCUT2D eigenvalue weighted by atomic mass is 10.2. The summed E-state index contributed by atoms with van der Waals surface area (Å²) in [6, 6.07) is 4.06. The van der Waals surface area contributed by atoms with Gasteiger partial charge in [0, 0.05) is 6.08 Å². The molecular formula is C11H13NO6. The average molecular weight is 255 g/mol. The molecule has 98 valence electrons. The first kappa shape index (κ1) is 15.5. The molecule has 7 nitrogen and oxygen atoms in total. The van der Waals surface area contributed by atoms with E-state index >= 15 is 0 Å². The third kappa shape index (κ3) is 6.85. The second-order valence-electron chi connectivity index (χ2n) is 3.02. The highest BCUT2D eigenvalue weighted by atomic mass is 16.4. The molecular weight excluding hydrogens is 242 g/mol. The van der Waals surface area contributed by atoms with E-state index in [2.05, 4.69) is 5.73 Å². The van der Waals surface area contributed by atoms with E-state index in [-0.39, 0.29) is 18.0 Å². The van der Waals surface area contributed by atoms with Gasteiger partial charge in [-0.05, 0) is 23.8 Å². The number of rotatable bonds is 3. The van der Waals surface area contributed by atoms with Crippen molar-refractivity contribution in [2.45, 2.75) is 0 Å². The number of carbonyl (C=O) groups is 2. The number of benzene rings is 1. The summed E-state index contributed by atoms with van der Waals surface area (Å²) in [5.74, 6) is -2.53. The minimum Gasteiger partial charge on any atom is -0.504 e. The van der Waals surface area contributed by atoms with Crippen LogP contribution < -0.4 is 5.73 Å². The van der Waals surface area contributed by atoms with Crippen molar-refractivity contribution in [3.63, 3.8) is 0 Å². The van der Waals surface area contributed by atoms with E-state index in [0.717, 1.165) is 6.08 Å². The first-order valence-electron chi connectivity index (χ1n) is 4.71. The molecule has 7 heteroatoms. The highest BCUT2D eigenvalue weighted by Gasteiger charge is 1.97. The molecule has 1 aromatic rings. The molecule has 1 rings (SSSR count). The molecule has 0 aliphatic heterocycles. The molecule has 1 aromatic carbocycles. The fraction of sp³-hybridized carbons (Fsp3) is 0.0909. The highest BCUT2D eigenvalue weighted by molar-refractivity contribution is 5.85. The van der Waals surface area contributed by atoms with Crippen LogP contribution in [0.2, 0.25) is 0 Å². The van der Waals surface area contributed by atoms with Crippen molar-refractivity contribution in [3.05, 3.63) is 29.8 Å². The van der Waals surface area contributed by atoms with Crippen LogP contribution in [0.3, 0.4) is 0 Å². The smallest absolute Gasteiger partial charge is 0.328 e. The molecule has 18 heavy (non-hydrogen) atoms. The van der Waals surface area contributed by atoms with Gasteiger partial charge in [0.1, 0.15) is 0 Å². The van der Waals surface area contributed by atoms with Crippen LogP contribution in [0, 0.1) is 0 Å². The molecule has 0 saturated heterocycles. The molecule has 0 saturated carbocycles. The largest absolute Gasteiger partial charge is 0.504 e. The summed E-state index contributed by atoms with van der Waals surface area (Å²) in [6.45, 7) is -0.278. The fourth-order valence-corrected chi connectivity index (χ4v) is 0.812. The number of hydrogen-bond donors (Lipinski definition) is 5. The molecule has 0 spiro atoms. The van der Waals surface area contributed by atoms with Crippen molar-refractivity contribution < 1.29 is 30.0 Å². The molecule has 0 heterocycles. The Balaban J connectivity index is 0.000000494. The molecule has 0 atom stereocenters. The van der Waals surface area contributed by atoms with Gasteiger partial charge in [-0.3, -0.25) is 4.79 Å². The van der Waals surface area contributed by atoms with Gasteiger partial charge in [0.2, 0.25) is 0 Å². The second-order valence-corrected chi connectivity index (χ2v) is 3.02.